The molecule has 1 atom stereocenters. The van der Waals surface area contributed by atoms with Crippen molar-refractivity contribution in [3.63, 3.8) is 0 Å². The molecular formula is C17H16ClN3O3. The van der Waals surface area contributed by atoms with Gasteiger partial charge < -0.3 is 15.5 Å². The van der Waals surface area contributed by atoms with Crippen molar-refractivity contribution in [2.75, 3.05) is 5.32 Å². The molecule has 0 amide bonds. The number of anilines is 1. The normalized spacial score (nSPS) is 11.6. The maximum Gasteiger partial charge on any atom is 0.326 e. The molecule has 0 aliphatic rings. The Balaban J connectivity index is 2.33. The number of aryl methyl sites for hydroxylation is 1. The van der Waals surface area contributed by atoms with Gasteiger partial charge in [-0.05, 0) is 37.1 Å². The van der Waals surface area contributed by atoms with Crippen LogP contribution in [0.25, 0.3) is 0 Å². The molecule has 0 unspecified atom stereocenters. The van der Waals surface area contributed by atoms with Crippen LogP contribution in [0, 0.1) is 25.2 Å². The van der Waals surface area contributed by atoms with Gasteiger partial charge in [-0.1, -0.05) is 23.7 Å². The SMILES string of the molecule is Cc1nc(N[C@@H](Cc2ccc(O)cc2)C(=O)O)c(C#N)c(C)c1Cl. The first-order valence-corrected chi connectivity index (χ1v) is 7.55. The zero-order chi connectivity index (χ0) is 17.9. The minimum Gasteiger partial charge on any atom is -0.508 e. The number of nitrogens with zero attached hydrogens (tertiary/aromatic N) is 2. The molecule has 0 saturated carbocycles. The fourth-order valence-corrected chi connectivity index (χ4v) is 2.44. The second-order valence-electron chi connectivity index (χ2n) is 5.38. The number of aromatic hydroxyl groups is 1. The molecule has 6 nitrogen and oxygen atoms in total. The number of rotatable bonds is 5. The third kappa shape index (κ3) is 3.76. The number of carboxylic acid groups (broad SMARTS) is 1. The van der Waals surface area contributed by atoms with Gasteiger partial charge in [0.1, 0.15) is 23.7 Å². The average Bonchev–Trinajstić information content (AvgIpc) is 2.54. The number of phenolic OH excluding ortho intramolecular Hbond substituents is 1. The second kappa shape index (κ2) is 7.20. The number of nitrogens with one attached hydrogen (secondary N) is 1. The molecule has 1 aromatic carbocycles. The monoisotopic (exact) mass is 345 g/mol. The van der Waals surface area contributed by atoms with Gasteiger partial charge in [0.15, 0.2) is 0 Å². The summed E-state index contributed by atoms with van der Waals surface area (Å²) in [4.78, 5) is 15.8. The molecule has 0 spiro atoms. The van der Waals surface area contributed by atoms with Crippen LogP contribution in [-0.2, 0) is 11.2 Å². The smallest absolute Gasteiger partial charge is 0.326 e. The molecule has 124 valence electrons. The summed E-state index contributed by atoms with van der Waals surface area (Å²) in [5.74, 6) is -0.766. The minimum atomic E-state index is -1.07. The first-order chi connectivity index (χ1) is 11.3. The molecular weight excluding hydrogens is 330 g/mol. The van der Waals surface area contributed by atoms with E-state index in [0.717, 1.165) is 5.56 Å². The molecule has 3 N–H and O–H groups in total. The van der Waals surface area contributed by atoms with Crippen LogP contribution < -0.4 is 5.32 Å². The van der Waals surface area contributed by atoms with Gasteiger partial charge in [0.25, 0.3) is 0 Å². The van der Waals surface area contributed by atoms with Crippen molar-refractivity contribution in [2.45, 2.75) is 26.3 Å². The lowest BCUT2D eigenvalue weighted by Crippen LogP contribution is -2.32. The zero-order valence-electron chi connectivity index (χ0n) is 13.2. The highest BCUT2D eigenvalue weighted by Crippen LogP contribution is 2.27. The fourth-order valence-electron chi connectivity index (χ4n) is 2.31. The summed E-state index contributed by atoms with van der Waals surface area (Å²) >= 11 is 6.10. The van der Waals surface area contributed by atoms with Crippen molar-refractivity contribution in [3.05, 3.63) is 51.7 Å². The lowest BCUT2D eigenvalue weighted by molar-refractivity contribution is -0.137. The number of carbonyl (C=O) groups is 1. The number of benzene rings is 1. The Morgan fingerprint density at radius 2 is 2.00 bits per heavy atom. The van der Waals surface area contributed by atoms with Crippen LogP contribution in [0.5, 0.6) is 5.75 Å². The van der Waals surface area contributed by atoms with E-state index in [9.17, 15) is 20.3 Å². The molecule has 24 heavy (non-hydrogen) atoms. The molecule has 2 rings (SSSR count). The van der Waals surface area contributed by atoms with Gasteiger partial charge >= 0.3 is 5.97 Å². The lowest BCUT2D eigenvalue weighted by Gasteiger charge is -2.18. The highest BCUT2D eigenvalue weighted by atomic mass is 35.5. The number of carboxylic acids is 1. The van der Waals surface area contributed by atoms with E-state index >= 15 is 0 Å². The summed E-state index contributed by atoms with van der Waals surface area (Å²) in [5.41, 5.74) is 2.03. The molecule has 0 aliphatic carbocycles. The van der Waals surface area contributed by atoms with Crippen LogP contribution in [0.1, 0.15) is 22.4 Å². The van der Waals surface area contributed by atoms with E-state index in [4.69, 9.17) is 11.6 Å². The molecule has 7 heteroatoms. The quantitative estimate of drug-likeness (QED) is 0.769. The van der Waals surface area contributed by atoms with Gasteiger partial charge in [0.2, 0.25) is 0 Å². The van der Waals surface area contributed by atoms with Gasteiger partial charge in [-0.25, -0.2) is 9.78 Å². The first kappa shape index (κ1) is 17.6. The summed E-state index contributed by atoms with van der Waals surface area (Å²) in [7, 11) is 0. The van der Waals surface area contributed by atoms with E-state index < -0.39 is 12.0 Å². The number of pyridine rings is 1. The lowest BCUT2D eigenvalue weighted by atomic mass is 10.0. The zero-order valence-corrected chi connectivity index (χ0v) is 13.9. The maximum absolute atomic E-state index is 11.6. The van der Waals surface area contributed by atoms with Crippen molar-refractivity contribution in [1.82, 2.24) is 4.98 Å². The van der Waals surface area contributed by atoms with Gasteiger partial charge in [0, 0.05) is 6.42 Å². The fraction of sp³-hybridized carbons (Fsp3) is 0.235. The summed E-state index contributed by atoms with van der Waals surface area (Å²) in [6.07, 6.45) is 0.170. The van der Waals surface area contributed by atoms with Crippen LogP contribution in [0.4, 0.5) is 5.82 Å². The standard InChI is InChI=1S/C17H16ClN3O3/c1-9-13(8-19)16(20-10(2)15(9)18)21-14(17(23)24)7-11-3-5-12(22)6-4-11/h3-6,14,22H,7H2,1-2H3,(H,20,21)(H,23,24)/t14-/m0/s1. The van der Waals surface area contributed by atoms with Gasteiger partial charge in [-0.15, -0.1) is 0 Å². The van der Waals surface area contributed by atoms with E-state index in [1.165, 1.54) is 12.1 Å². The van der Waals surface area contributed by atoms with E-state index in [0.29, 0.717) is 16.3 Å². The average molecular weight is 346 g/mol. The Bertz CT molecular complexity index is 813. The molecule has 0 radical (unpaired) electrons. The van der Waals surface area contributed by atoms with Crippen molar-refractivity contribution in [3.8, 4) is 11.8 Å². The topological polar surface area (TPSA) is 106 Å². The van der Waals surface area contributed by atoms with Crippen LogP contribution in [-0.4, -0.2) is 27.2 Å². The molecule has 0 saturated heterocycles. The molecule has 0 fully saturated rings. The summed E-state index contributed by atoms with van der Waals surface area (Å²) < 4.78 is 0. The van der Waals surface area contributed by atoms with Crippen molar-refractivity contribution in [2.24, 2.45) is 0 Å². The van der Waals surface area contributed by atoms with Crippen molar-refractivity contribution >= 4 is 23.4 Å². The molecule has 0 aliphatic heterocycles. The third-order valence-corrected chi connectivity index (χ3v) is 4.19. The van der Waals surface area contributed by atoms with E-state index in [-0.39, 0.29) is 23.6 Å². The number of aliphatic carboxylic acids is 1. The Morgan fingerprint density at radius 3 is 2.54 bits per heavy atom. The maximum atomic E-state index is 11.6. The van der Waals surface area contributed by atoms with Crippen LogP contribution in [0.2, 0.25) is 5.02 Å². The number of halogens is 1. The number of hydrogen-bond donors (Lipinski definition) is 3. The Labute approximate surface area is 144 Å². The van der Waals surface area contributed by atoms with Crippen molar-refractivity contribution in [1.29, 1.82) is 5.26 Å². The third-order valence-electron chi connectivity index (χ3n) is 3.64. The van der Waals surface area contributed by atoms with E-state index in [2.05, 4.69) is 10.3 Å². The van der Waals surface area contributed by atoms with Gasteiger partial charge in [-0.3, -0.25) is 0 Å². The Hall–Kier alpha value is -2.78. The first-order valence-electron chi connectivity index (χ1n) is 7.17. The van der Waals surface area contributed by atoms with Crippen LogP contribution in [0.15, 0.2) is 24.3 Å². The predicted octanol–water partition coefficient (Wildman–Crippen LogP) is 3.04. The molecule has 1 heterocycles. The number of phenols is 1. The second-order valence-corrected chi connectivity index (χ2v) is 5.76. The number of hydrogen-bond acceptors (Lipinski definition) is 5. The number of nitriles is 1. The van der Waals surface area contributed by atoms with Gasteiger partial charge in [-0.2, -0.15) is 5.26 Å². The Kier molecular flexibility index (Phi) is 5.27. The molecule has 0 bridgehead atoms. The summed E-state index contributed by atoms with van der Waals surface area (Å²) in [6, 6.07) is 7.30. The molecule has 1 aromatic heterocycles. The summed E-state index contributed by atoms with van der Waals surface area (Å²) in [5, 5.41) is 31.3. The Morgan fingerprint density at radius 1 is 1.38 bits per heavy atom. The largest absolute Gasteiger partial charge is 0.508 e. The van der Waals surface area contributed by atoms with Crippen LogP contribution in [0.3, 0.4) is 0 Å². The van der Waals surface area contributed by atoms with E-state index in [1.807, 2.05) is 6.07 Å². The highest BCUT2D eigenvalue weighted by Gasteiger charge is 2.22. The summed E-state index contributed by atoms with van der Waals surface area (Å²) in [6.45, 7) is 3.38. The number of aromatic nitrogens is 1. The van der Waals surface area contributed by atoms with Crippen LogP contribution >= 0.6 is 11.6 Å². The minimum absolute atomic E-state index is 0.107. The van der Waals surface area contributed by atoms with E-state index in [1.54, 1.807) is 26.0 Å². The van der Waals surface area contributed by atoms with Gasteiger partial charge in [0.05, 0.1) is 16.3 Å². The molecule has 2 aromatic rings. The highest BCUT2D eigenvalue weighted by molar-refractivity contribution is 6.32. The predicted molar refractivity (Wildman–Crippen MR) is 90.3 cm³/mol. The van der Waals surface area contributed by atoms with Crippen molar-refractivity contribution < 1.29 is 15.0 Å².